The average molecular weight is 302 g/mol. The molecule has 1 aliphatic rings. The summed E-state index contributed by atoms with van der Waals surface area (Å²) in [5.41, 5.74) is 7.00. The maximum Gasteiger partial charge on any atom is 0.270 e. The number of nitrogen functional groups attached to an aromatic ring is 1. The summed E-state index contributed by atoms with van der Waals surface area (Å²) < 4.78 is 0. The van der Waals surface area contributed by atoms with Gasteiger partial charge in [-0.05, 0) is 30.3 Å². The van der Waals surface area contributed by atoms with Gasteiger partial charge in [0.05, 0.1) is 6.04 Å². The highest BCUT2D eigenvalue weighted by atomic mass is 16.2. The molecule has 1 aliphatic heterocycles. The second-order valence-corrected chi connectivity index (χ2v) is 4.90. The standard InChI is InChI=1S/C16H18N4O2.2H2/c1-3-14(18-4-2)15(21)19-13-9-20(10-13)16(22)11-5-7-12(17)8-6-11;;/h3-8,13H,1-2,9-10,17H2,(H,19,21);2*1H. The molecule has 0 atom stereocenters. The topological polar surface area (TPSA) is 87.8 Å². The molecule has 1 heterocycles. The highest BCUT2D eigenvalue weighted by Gasteiger charge is 2.32. The molecule has 0 saturated carbocycles. The molecule has 1 saturated heterocycles. The monoisotopic (exact) mass is 302 g/mol. The number of nitrogens with two attached hydrogens (primary N) is 1. The number of benzene rings is 1. The van der Waals surface area contributed by atoms with Gasteiger partial charge in [0.1, 0.15) is 5.71 Å². The number of nitrogens with zero attached hydrogens (tertiary/aromatic N) is 2. The first-order valence-electron chi connectivity index (χ1n) is 6.82. The zero-order valence-corrected chi connectivity index (χ0v) is 12.2. The van der Waals surface area contributed by atoms with Gasteiger partial charge < -0.3 is 16.0 Å². The Balaban J connectivity index is 0.00000264. The van der Waals surface area contributed by atoms with E-state index in [0.29, 0.717) is 24.3 Å². The van der Waals surface area contributed by atoms with Crippen molar-refractivity contribution in [3.8, 4) is 0 Å². The van der Waals surface area contributed by atoms with Gasteiger partial charge in [-0.1, -0.05) is 13.2 Å². The molecule has 2 amide bonds. The molecule has 2 rings (SSSR count). The highest BCUT2D eigenvalue weighted by molar-refractivity contribution is 6.43. The lowest BCUT2D eigenvalue weighted by atomic mass is 10.1. The minimum atomic E-state index is -0.320. The maximum atomic E-state index is 12.2. The number of amides is 2. The third kappa shape index (κ3) is 3.41. The Morgan fingerprint density at radius 2 is 1.95 bits per heavy atom. The van der Waals surface area contributed by atoms with Crippen molar-refractivity contribution < 1.29 is 12.4 Å². The summed E-state index contributed by atoms with van der Waals surface area (Å²) in [7, 11) is 0. The lowest BCUT2D eigenvalue weighted by Crippen LogP contribution is -2.61. The molecule has 118 valence electrons. The van der Waals surface area contributed by atoms with Crippen LogP contribution in [0.3, 0.4) is 0 Å². The molecule has 1 aromatic carbocycles. The number of hydrogen-bond donors (Lipinski definition) is 2. The van der Waals surface area contributed by atoms with Gasteiger partial charge in [-0.15, -0.1) is 0 Å². The SMILES string of the molecule is C=CN=C(C=C)C(=O)NC1CN(C(=O)c2ccc(N)cc2)C1.[HH].[HH]. The van der Waals surface area contributed by atoms with Crippen LogP contribution in [0.5, 0.6) is 0 Å². The quantitative estimate of drug-likeness (QED) is 0.638. The molecule has 6 heteroatoms. The van der Waals surface area contributed by atoms with Crippen LogP contribution in [-0.2, 0) is 4.79 Å². The number of carbonyl (C=O) groups is 2. The predicted octanol–water partition coefficient (Wildman–Crippen LogP) is 1.47. The van der Waals surface area contributed by atoms with Gasteiger partial charge in [0.25, 0.3) is 11.8 Å². The molecule has 22 heavy (non-hydrogen) atoms. The molecule has 0 unspecified atom stereocenters. The molecule has 3 N–H and O–H groups in total. The summed E-state index contributed by atoms with van der Waals surface area (Å²) in [5.74, 6) is -0.395. The molecule has 0 spiro atoms. The molecular weight excluding hydrogens is 280 g/mol. The fourth-order valence-corrected chi connectivity index (χ4v) is 2.11. The first-order chi connectivity index (χ1) is 10.5. The first-order valence-corrected chi connectivity index (χ1v) is 6.82. The molecule has 0 aliphatic carbocycles. The molecular formula is C16H22N4O2. The Morgan fingerprint density at radius 1 is 1.32 bits per heavy atom. The average Bonchev–Trinajstić information content (AvgIpc) is 2.47. The van der Waals surface area contributed by atoms with E-state index in [9.17, 15) is 9.59 Å². The van der Waals surface area contributed by atoms with E-state index in [1.807, 2.05) is 0 Å². The fourth-order valence-electron chi connectivity index (χ4n) is 2.11. The van der Waals surface area contributed by atoms with Crippen LogP contribution in [0.25, 0.3) is 0 Å². The molecule has 0 aromatic heterocycles. The van der Waals surface area contributed by atoms with Crippen molar-refractivity contribution in [2.24, 2.45) is 4.99 Å². The number of aliphatic imine (C=N–C) groups is 1. The largest absolute Gasteiger partial charge is 0.399 e. The zero-order valence-electron chi connectivity index (χ0n) is 12.2. The van der Waals surface area contributed by atoms with Crippen molar-refractivity contribution in [3.05, 3.63) is 55.3 Å². The Morgan fingerprint density at radius 3 is 2.50 bits per heavy atom. The Bertz CT molecular complexity index is 638. The van der Waals surface area contributed by atoms with E-state index < -0.39 is 0 Å². The Hall–Kier alpha value is -2.89. The second kappa shape index (κ2) is 6.71. The van der Waals surface area contributed by atoms with Gasteiger partial charge >= 0.3 is 0 Å². The van der Waals surface area contributed by atoms with Crippen LogP contribution in [-0.4, -0.2) is 41.6 Å². The number of anilines is 1. The number of nitrogens with one attached hydrogen (secondary N) is 1. The van der Waals surface area contributed by atoms with Gasteiger partial charge in [-0.2, -0.15) is 0 Å². The van der Waals surface area contributed by atoms with E-state index >= 15 is 0 Å². The summed E-state index contributed by atoms with van der Waals surface area (Å²) in [5, 5.41) is 2.79. The number of carbonyl (C=O) groups excluding carboxylic acids is 2. The van der Waals surface area contributed by atoms with Crippen LogP contribution in [0, 0.1) is 0 Å². The van der Waals surface area contributed by atoms with E-state index in [4.69, 9.17) is 5.73 Å². The van der Waals surface area contributed by atoms with Crippen molar-refractivity contribution >= 4 is 23.2 Å². The van der Waals surface area contributed by atoms with E-state index in [1.54, 1.807) is 29.2 Å². The highest BCUT2D eigenvalue weighted by Crippen LogP contribution is 2.14. The Labute approximate surface area is 132 Å². The van der Waals surface area contributed by atoms with Crippen molar-refractivity contribution in [1.82, 2.24) is 10.2 Å². The second-order valence-electron chi connectivity index (χ2n) is 4.90. The van der Waals surface area contributed by atoms with Gasteiger partial charge in [0.2, 0.25) is 0 Å². The lowest BCUT2D eigenvalue weighted by Gasteiger charge is -2.39. The smallest absolute Gasteiger partial charge is 0.270 e. The molecule has 0 bridgehead atoms. The van der Waals surface area contributed by atoms with Gasteiger partial charge in [-0.25, -0.2) is 0 Å². The number of hydrogen-bond acceptors (Lipinski definition) is 4. The molecule has 1 aromatic rings. The third-order valence-electron chi connectivity index (χ3n) is 3.32. The number of likely N-dealkylation sites (tertiary alicyclic amines) is 1. The predicted molar refractivity (Wildman–Crippen MR) is 90.7 cm³/mol. The summed E-state index contributed by atoms with van der Waals surface area (Å²) >= 11 is 0. The van der Waals surface area contributed by atoms with Crippen LogP contribution in [0.1, 0.15) is 13.2 Å². The summed E-state index contributed by atoms with van der Waals surface area (Å²) in [4.78, 5) is 29.5. The van der Waals surface area contributed by atoms with E-state index in [-0.39, 0.29) is 26.4 Å². The molecule has 0 radical (unpaired) electrons. The van der Waals surface area contributed by atoms with Crippen LogP contribution < -0.4 is 11.1 Å². The lowest BCUT2D eigenvalue weighted by molar-refractivity contribution is -0.116. The van der Waals surface area contributed by atoms with Crippen molar-refractivity contribution in [1.29, 1.82) is 0 Å². The summed E-state index contributed by atoms with van der Waals surface area (Å²) in [6, 6.07) is 6.68. The molecule has 6 nitrogen and oxygen atoms in total. The maximum absolute atomic E-state index is 12.2. The van der Waals surface area contributed by atoms with E-state index in [2.05, 4.69) is 23.5 Å². The van der Waals surface area contributed by atoms with Crippen molar-refractivity contribution in [2.75, 3.05) is 18.8 Å². The fraction of sp³-hybridized carbons (Fsp3) is 0.188. The van der Waals surface area contributed by atoms with Gasteiger partial charge in [-0.3, -0.25) is 14.6 Å². The van der Waals surface area contributed by atoms with Crippen LogP contribution in [0.4, 0.5) is 5.69 Å². The minimum Gasteiger partial charge on any atom is -0.399 e. The normalized spacial score (nSPS) is 14.9. The number of rotatable bonds is 5. The van der Waals surface area contributed by atoms with Crippen LogP contribution in [0.15, 0.2) is 54.7 Å². The minimum absolute atomic E-state index is 0. The Kier molecular flexibility index (Phi) is 4.73. The van der Waals surface area contributed by atoms with Crippen molar-refractivity contribution in [3.63, 3.8) is 0 Å². The van der Waals surface area contributed by atoms with Crippen molar-refractivity contribution in [2.45, 2.75) is 6.04 Å². The molecule has 1 fully saturated rings. The van der Waals surface area contributed by atoms with Gasteiger partial charge in [0, 0.05) is 33.4 Å². The van der Waals surface area contributed by atoms with E-state index in [0.717, 1.165) is 0 Å². The third-order valence-corrected chi connectivity index (χ3v) is 3.32. The first kappa shape index (κ1) is 15.5. The zero-order chi connectivity index (χ0) is 16.1. The summed E-state index contributed by atoms with van der Waals surface area (Å²) in [6.07, 6.45) is 2.65. The van der Waals surface area contributed by atoms with E-state index in [1.165, 1.54) is 12.3 Å². The van der Waals surface area contributed by atoms with Crippen LogP contribution in [0.2, 0.25) is 0 Å². The summed E-state index contributed by atoms with van der Waals surface area (Å²) in [6.45, 7) is 7.90. The van der Waals surface area contributed by atoms with Gasteiger partial charge in [0.15, 0.2) is 0 Å². The van der Waals surface area contributed by atoms with Crippen LogP contribution >= 0.6 is 0 Å².